The lowest BCUT2D eigenvalue weighted by Crippen LogP contribution is -2.13. The number of hydrogen-bond donors (Lipinski definition) is 2. The molecular formula is C14H13N3O2. The van der Waals surface area contributed by atoms with Crippen LogP contribution in [0.3, 0.4) is 0 Å². The number of aromatic nitrogens is 1. The lowest BCUT2D eigenvalue weighted by Gasteiger charge is -2.07. The second kappa shape index (κ2) is 5.85. The first-order valence-electron chi connectivity index (χ1n) is 5.72. The van der Waals surface area contributed by atoms with Gasteiger partial charge < -0.3 is 15.6 Å². The molecule has 96 valence electrons. The van der Waals surface area contributed by atoms with Crippen molar-refractivity contribution in [2.24, 2.45) is 5.73 Å². The molecule has 0 aliphatic heterocycles. The molecule has 0 saturated carbocycles. The van der Waals surface area contributed by atoms with Crippen LogP contribution in [0.25, 0.3) is 0 Å². The summed E-state index contributed by atoms with van der Waals surface area (Å²) in [6, 6.07) is 7.07. The molecule has 0 atom stereocenters. The van der Waals surface area contributed by atoms with Gasteiger partial charge in [-0.3, -0.25) is 4.79 Å². The van der Waals surface area contributed by atoms with E-state index in [2.05, 4.69) is 26.8 Å². The van der Waals surface area contributed by atoms with Crippen molar-refractivity contribution < 1.29 is 9.32 Å². The molecule has 1 amide bonds. The molecule has 2 rings (SSSR count). The number of amides is 1. The van der Waals surface area contributed by atoms with Gasteiger partial charge in [0.1, 0.15) is 6.26 Å². The summed E-state index contributed by atoms with van der Waals surface area (Å²) >= 11 is 0. The maximum absolute atomic E-state index is 11.9. The summed E-state index contributed by atoms with van der Waals surface area (Å²) in [7, 11) is 0. The Hall–Kier alpha value is -2.58. The lowest BCUT2D eigenvalue weighted by molar-refractivity contribution is 0.101. The van der Waals surface area contributed by atoms with E-state index in [4.69, 9.17) is 5.73 Å². The fraction of sp³-hybridized carbons (Fsp3) is 0.143. The maximum atomic E-state index is 11.9. The Morgan fingerprint density at radius 1 is 1.47 bits per heavy atom. The highest BCUT2D eigenvalue weighted by Gasteiger charge is 2.10. The summed E-state index contributed by atoms with van der Waals surface area (Å²) in [5, 5.41) is 6.35. The number of carbonyl (C=O) groups is 1. The van der Waals surface area contributed by atoms with E-state index >= 15 is 0 Å². The third-order valence-corrected chi connectivity index (χ3v) is 2.49. The van der Waals surface area contributed by atoms with E-state index in [1.807, 2.05) is 19.1 Å². The summed E-state index contributed by atoms with van der Waals surface area (Å²) in [5.41, 5.74) is 7.99. The molecule has 1 aromatic heterocycles. The monoisotopic (exact) mass is 255 g/mol. The van der Waals surface area contributed by atoms with E-state index in [-0.39, 0.29) is 11.6 Å². The molecule has 5 nitrogen and oxygen atoms in total. The first-order valence-corrected chi connectivity index (χ1v) is 5.72. The van der Waals surface area contributed by atoms with E-state index in [9.17, 15) is 4.79 Å². The summed E-state index contributed by atoms with van der Waals surface area (Å²) in [6.07, 6.45) is 1.35. The van der Waals surface area contributed by atoms with Crippen LogP contribution in [0.5, 0.6) is 0 Å². The summed E-state index contributed by atoms with van der Waals surface area (Å²) < 4.78 is 4.63. The van der Waals surface area contributed by atoms with E-state index in [1.165, 1.54) is 12.3 Å². The molecule has 19 heavy (non-hydrogen) atoms. The molecular weight excluding hydrogens is 242 g/mol. The van der Waals surface area contributed by atoms with E-state index in [0.717, 1.165) is 11.1 Å². The highest BCUT2D eigenvalue weighted by atomic mass is 16.5. The van der Waals surface area contributed by atoms with E-state index in [0.29, 0.717) is 12.2 Å². The second-order valence-electron chi connectivity index (χ2n) is 3.87. The van der Waals surface area contributed by atoms with Gasteiger partial charge in [-0.2, -0.15) is 0 Å². The van der Waals surface area contributed by atoms with Crippen LogP contribution in [-0.4, -0.2) is 17.6 Å². The van der Waals surface area contributed by atoms with Crippen molar-refractivity contribution in [2.75, 3.05) is 11.9 Å². The fourth-order valence-corrected chi connectivity index (χ4v) is 1.50. The molecule has 5 heteroatoms. The topological polar surface area (TPSA) is 81.1 Å². The average Bonchev–Trinajstić information content (AvgIpc) is 2.93. The zero-order chi connectivity index (χ0) is 13.7. The standard InChI is InChI=1S/C14H13N3O2/c1-10-4-5-11(3-2-7-15)9-13(10)16-14(18)12-6-8-19-17-12/h4-6,8-9H,7,15H2,1H3,(H,16,18). The largest absolute Gasteiger partial charge is 0.364 e. The van der Waals surface area contributed by atoms with Crippen LogP contribution >= 0.6 is 0 Å². The SMILES string of the molecule is Cc1ccc(C#CCN)cc1NC(=O)c1ccon1. The van der Waals surface area contributed by atoms with Crippen LogP contribution < -0.4 is 11.1 Å². The molecule has 1 aromatic carbocycles. The number of aryl methyl sites for hydroxylation is 1. The van der Waals surface area contributed by atoms with Gasteiger partial charge in [0.25, 0.3) is 5.91 Å². The van der Waals surface area contributed by atoms with Gasteiger partial charge in [0.2, 0.25) is 0 Å². The van der Waals surface area contributed by atoms with Gasteiger partial charge in [-0.25, -0.2) is 0 Å². The summed E-state index contributed by atoms with van der Waals surface area (Å²) in [4.78, 5) is 11.9. The van der Waals surface area contributed by atoms with Crippen LogP contribution in [-0.2, 0) is 0 Å². The van der Waals surface area contributed by atoms with E-state index < -0.39 is 0 Å². The predicted molar refractivity (Wildman–Crippen MR) is 71.6 cm³/mol. The van der Waals surface area contributed by atoms with Gasteiger partial charge >= 0.3 is 0 Å². The van der Waals surface area contributed by atoms with Crippen molar-refractivity contribution >= 4 is 11.6 Å². The quantitative estimate of drug-likeness (QED) is 0.798. The number of anilines is 1. The van der Waals surface area contributed by atoms with Crippen LogP contribution in [0.2, 0.25) is 0 Å². The number of nitrogens with zero attached hydrogens (tertiary/aromatic N) is 1. The smallest absolute Gasteiger partial charge is 0.277 e. The van der Waals surface area contributed by atoms with Gasteiger partial charge in [0, 0.05) is 17.3 Å². The molecule has 0 radical (unpaired) electrons. The molecule has 0 aliphatic rings. The number of rotatable bonds is 2. The molecule has 0 spiro atoms. The Balaban J connectivity index is 2.22. The zero-order valence-corrected chi connectivity index (χ0v) is 10.4. The van der Waals surface area contributed by atoms with Crippen molar-refractivity contribution in [2.45, 2.75) is 6.92 Å². The normalized spacial score (nSPS) is 9.58. The van der Waals surface area contributed by atoms with Crippen molar-refractivity contribution in [3.05, 3.63) is 47.3 Å². The van der Waals surface area contributed by atoms with Gasteiger partial charge in [0.15, 0.2) is 5.69 Å². The Bertz CT molecular complexity index is 636. The minimum absolute atomic E-state index is 0.234. The maximum Gasteiger partial charge on any atom is 0.277 e. The third-order valence-electron chi connectivity index (χ3n) is 2.49. The van der Waals surface area contributed by atoms with Crippen LogP contribution in [0.1, 0.15) is 21.6 Å². The van der Waals surface area contributed by atoms with Gasteiger partial charge in [-0.15, -0.1) is 0 Å². The fourth-order valence-electron chi connectivity index (χ4n) is 1.50. The highest BCUT2D eigenvalue weighted by Crippen LogP contribution is 2.17. The van der Waals surface area contributed by atoms with Gasteiger partial charge in [-0.1, -0.05) is 23.1 Å². The Morgan fingerprint density at radius 3 is 3.00 bits per heavy atom. The first-order chi connectivity index (χ1) is 9.20. The number of benzene rings is 1. The van der Waals surface area contributed by atoms with Crippen LogP contribution in [0, 0.1) is 18.8 Å². The van der Waals surface area contributed by atoms with Gasteiger partial charge in [-0.05, 0) is 24.6 Å². The minimum Gasteiger partial charge on any atom is -0.364 e. The van der Waals surface area contributed by atoms with Crippen molar-refractivity contribution in [1.82, 2.24) is 5.16 Å². The number of nitrogens with one attached hydrogen (secondary N) is 1. The summed E-state index contributed by atoms with van der Waals surface area (Å²) in [5.74, 6) is 5.37. The molecule has 0 fully saturated rings. The van der Waals surface area contributed by atoms with Crippen LogP contribution in [0.4, 0.5) is 5.69 Å². The molecule has 0 saturated heterocycles. The lowest BCUT2D eigenvalue weighted by atomic mass is 10.1. The highest BCUT2D eigenvalue weighted by molar-refractivity contribution is 6.03. The Morgan fingerprint density at radius 2 is 2.32 bits per heavy atom. The third kappa shape index (κ3) is 3.21. The van der Waals surface area contributed by atoms with Crippen molar-refractivity contribution in [3.8, 4) is 11.8 Å². The van der Waals surface area contributed by atoms with Crippen molar-refractivity contribution in [3.63, 3.8) is 0 Å². The molecule has 2 aromatic rings. The number of nitrogens with two attached hydrogens (primary N) is 1. The summed E-state index contributed by atoms with van der Waals surface area (Å²) in [6.45, 7) is 2.20. The van der Waals surface area contributed by atoms with Gasteiger partial charge in [0.05, 0.1) is 6.54 Å². The molecule has 0 bridgehead atoms. The van der Waals surface area contributed by atoms with E-state index in [1.54, 1.807) is 6.07 Å². The second-order valence-corrected chi connectivity index (χ2v) is 3.87. The number of carbonyl (C=O) groups excluding carboxylic acids is 1. The molecule has 0 unspecified atom stereocenters. The van der Waals surface area contributed by atoms with Crippen molar-refractivity contribution in [1.29, 1.82) is 0 Å². The predicted octanol–water partition coefficient (Wildman–Crippen LogP) is 1.55. The molecule has 0 aliphatic carbocycles. The first kappa shape index (κ1) is 12.9. The Labute approximate surface area is 110 Å². The molecule has 3 N–H and O–H groups in total. The molecule has 1 heterocycles. The minimum atomic E-state index is -0.319. The number of hydrogen-bond acceptors (Lipinski definition) is 4. The van der Waals surface area contributed by atoms with Crippen LogP contribution in [0.15, 0.2) is 35.1 Å². The zero-order valence-electron chi connectivity index (χ0n) is 10.4. The Kier molecular flexibility index (Phi) is 3.96. The average molecular weight is 255 g/mol.